The van der Waals surface area contributed by atoms with E-state index in [0.717, 1.165) is 42.4 Å². The van der Waals surface area contributed by atoms with Crippen molar-refractivity contribution in [1.29, 1.82) is 0 Å². The summed E-state index contributed by atoms with van der Waals surface area (Å²) < 4.78 is 1.66. The van der Waals surface area contributed by atoms with Crippen molar-refractivity contribution >= 4 is 5.69 Å². The minimum Gasteiger partial charge on any atom is -0.360 e. The molecule has 0 bridgehead atoms. The summed E-state index contributed by atoms with van der Waals surface area (Å²) >= 11 is 0. The van der Waals surface area contributed by atoms with Crippen LogP contribution in [0.15, 0.2) is 59.3 Å². The summed E-state index contributed by atoms with van der Waals surface area (Å²) in [5.74, 6) is 0.322. The van der Waals surface area contributed by atoms with Crippen molar-refractivity contribution < 1.29 is 4.92 Å². The van der Waals surface area contributed by atoms with Crippen LogP contribution in [0.2, 0.25) is 0 Å². The Hall–Kier alpha value is -3.09. The normalized spacial score (nSPS) is 16.8. The van der Waals surface area contributed by atoms with Crippen molar-refractivity contribution in [2.24, 2.45) is 7.05 Å². The summed E-state index contributed by atoms with van der Waals surface area (Å²) in [6, 6.07) is 12.6. The zero-order valence-electron chi connectivity index (χ0n) is 13.9. The molecule has 0 amide bonds. The van der Waals surface area contributed by atoms with Crippen LogP contribution in [0, 0.1) is 10.1 Å². The molecule has 0 fully saturated rings. The van der Waals surface area contributed by atoms with E-state index in [0.29, 0.717) is 5.82 Å². The maximum absolute atomic E-state index is 11.8. The molecule has 0 spiro atoms. The molecule has 3 rings (SSSR count). The number of pyridine rings is 1. The van der Waals surface area contributed by atoms with E-state index in [-0.39, 0.29) is 11.6 Å². The summed E-state index contributed by atoms with van der Waals surface area (Å²) in [4.78, 5) is 22.3. The second kappa shape index (κ2) is 7.21. The van der Waals surface area contributed by atoms with E-state index in [1.807, 2.05) is 36.4 Å². The molecule has 1 aromatic heterocycles. The first-order chi connectivity index (χ1) is 12.0. The number of hydrogen-bond donors (Lipinski definition) is 2. The lowest BCUT2D eigenvalue weighted by atomic mass is 9.91. The van der Waals surface area contributed by atoms with Crippen molar-refractivity contribution in [3.8, 4) is 0 Å². The summed E-state index contributed by atoms with van der Waals surface area (Å²) in [6.45, 7) is 0. The molecule has 2 N–H and O–H groups in total. The zero-order valence-corrected chi connectivity index (χ0v) is 13.9. The molecule has 1 aliphatic rings. The highest BCUT2D eigenvalue weighted by molar-refractivity contribution is 5.47. The topological polar surface area (TPSA) is 89.2 Å². The van der Waals surface area contributed by atoms with Crippen LogP contribution in [0.5, 0.6) is 0 Å². The molecule has 7 heteroatoms. The first-order valence-corrected chi connectivity index (χ1v) is 8.17. The molecule has 1 aliphatic carbocycles. The second-order valence-corrected chi connectivity index (χ2v) is 6.04. The van der Waals surface area contributed by atoms with Crippen LogP contribution >= 0.6 is 0 Å². The molecule has 1 unspecified atom stereocenters. The van der Waals surface area contributed by atoms with Crippen molar-refractivity contribution in [2.75, 3.05) is 5.32 Å². The molecule has 0 aliphatic heterocycles. The van der Waals surface area contributed by atoms with Gasteiger partial charge in [-0.3, -0.25) is 14.9 Å². The Morgan fingerprint density at radius 3 is 2.76 bits per heavy atom. The molecule has 1 heterocycles. The van der Waals surface area contributed by atoms with Gasteiger partial charge in [-0.15, -0.1) is 0 Å². The van der Waals surface area contributed by atoms with Crippen LogP contribution in [-0.2, 0) is 13.5 Å². The number of para-hydroxylation sites is 1. The SMILES string of the molecule is Cn1c2c(ccc1=O)C(N/C(=C/[N+](=O)[O-])Nc1ccccc1)CCC2. The number of fused-ring (bicyclic) bond motifs is 1. The van der Waals surface area contributed by atoms with Crippen LogP contribution in [-0.4, -0.2) is 9.49 Å². The second-order valence-electron chi connectivity index (χ2n) is 6.04. The van der Waals surface area contributed by atoms with Gasteiger partial charge in [0.05, 0.1) is 11.0 Å². The summed E-state index contributed by atoms with van der Waals surface area (Å²) in [5.41, 5.74) is 2.72. The van der Waals surface area contributed by atoms with Crippen LogP contribution in [0.1, 0.15) is 30.1 Å². The Morgan fingerprint density at radius 1 is 1.28 bits per heavy atom. The van der Waals surface area contributed by atoms with E-state index < -0.39 is 4.92 Å². The molecule has 0 saturated heterocycles. The molecule has 0 radical (unpaired) electrons. The molecule has 1 aromatic carbocycles. The molecular formula is C18H20N4O3. The Bertz CT molecular complexity index is 858. The predicted molar refractivity (Wildman–Crippen MR) is 95.6 cm³/mol. The molecule has 25 heavy (non-hydrogen) atoms. The smallest absolute Gasteiger partial charge is 0.274 e. The summed E-state index contributed by atoms with van der Waals surface area (Å²) in [6.07, 6.45) is 3.53. The van der Waals surface area contributed by atoms with Crippen LogP contribution in [0.25, 0.3) is 0 Å². The molecule has 1 atom stereocenters. The van der Waals surface area contributed by atoms with Gasteiger partial charge in [-0.2, -0.15) is 0 Å². The van der Waals surface area contributed by atoms with E-state index in [1.165, 1.54) is 0 Å². The minimum atomic E-state index is -0.483. The highest BCUT2D eigenvalue weighted by Gasteiger charge is 2.23. The van der Waals surface area contributed by atoms with Crippen molar-refractivity contribution in [3.63, 3.8) is 0 Å². The average Bonchev–Trinajstić information content (AvgIpc) is 2.59. The molecular weight excluding hydrogens is 320 g/mol. The minimum absolute atomic E-state index is 0.0390. The Kier molecular flexibility index (Phi) is 4.83. The summed E-state index contributed by atoms with van der Waals surface area (Å²) in [7, 11) is 1.76. The van der Waals surface area contributed by atoms with Crippen LogP contribution < -0.4 is 16.2 Å². The van der Waals surface area contributed by atoms with Crippen molar-refractivity contribution in [1.82, 2.24) is 9.88 Å². The van der Waals surface area contributed by atoms with E-state index in [1.54, 1.807) is 17.7 Å². The van der Waals surface area contributed by atoms with Gasteiger partial charge in [-0.25, -0.2) is 0 Å². The number of aromatic nitrogens is 1. The van der Waals surface area contributed by atoms with Gasteiger partial charge >= 0.3 is 0 Å². The van der Waals surface area contributed by atoms with Crippen molar-refractivity contribution in [2.45, 2.75) is 25.3 Å². The fourth-order valence-electron chi connectivity index (χ4n) is 3.18. The van der Waals surface area contributed by atoms with Gasteiger partial charge in [-0.1, -0.05) is 18.2 Å². The van der Waals surface area contributed by atoms with E-state index in [4.69, 9.17) is 0 Å². The number of benzene rings is 1. The third-order valence-electron chi connectivity index (χ3n) is 4.37. The van der Waals surface area contributed by atoms with Crippen molar-refractivity contribution in [3.05, 3.63) is 86.2 Å². The zero-order chi connectivity index (χ0) is 17.8. The Labute approximate surface area is 145 Å². The fraction of sp³-hybridized carbons (Fsp3) is 0.278. The summed E-state index contributed by atoms with van der Waals surface area (Å²) in [5, 5.41) is 17.3. The standard InChI is InChI=1S/C18H20N4O3/c1-21-16-9-5-8-15(14(16)10-11-18(21)23)20-17(12-22(24)25)19-13-6-3-2-4-7-13/h2-4,6-7,10-12,15,19-20H,5,8-9H2,1H3/b17-12+. The van der Waals surface area contributed by atoms with Gasteiger partial charge in [0.15, 0.2) is 5.82 Å². The van der Waals surface area contributed by atoms with E-state index >= 15 is 0 Å². The maximum atomic E-state index is 11.8. The number of rotatable bonds is 5. The van der Waals surface area contributed by atoms with E-state index in [2.05, 4.69) is 10.6 Å². The molecule has 2 aromatic rings. The van der Waals surface area contributed by atoms with Gasteiger partial charge in [0, 0.05) is 24.5 Å². The van der Waals surface area contributed by atoms with Gasteiger partial charge in [-0.05, 0) is 43.0 Å². The lowest BCUT2D eigenvalue weighted by Gasteiger charge is -2.29. The monoisotopic (exact) mass is 340 g/mol. The molecule has 7 nitrogen and oxygen atoms in total. The van der Waals surface area contributed by atoms with Gasteiger partial charge < -0.3 is 15.2 Å². The lowest BCUT2D eigenvalue weighted by Crippen LogP contribution is -2.32. The predicted octanol–water partition coefficient (Wildman–Crippen LogP) is 2.54. The number of anilines is 1. The Balaban J connectivity index is 1.88. The highest BCUT2D eigenvalue weighted by Crippen LogP contribution is 2.29. The van der Waals surface area contributed by atoms with Gasteiger partial charge in [0.2, 0.25) is 5.56 Å². The molecule has 0 saturated carbocycles. The first-order valence-electron chi connectivity index (χ1n) is 8.17. The highest BCUT2D eigenvalue weighted by atomic mass is 16.6. The Morgan fingerprint density at radius 2 is 2.04 bits per heavy atom. The van der Waals surface area contributed by atoms with Gasteiger partial charge in [0.25, 0.3) is 6.20 Å². The average molecular weight is 340 g/mol. The number of nitrogens with zero attached hydrogens (tertiary/aromatic N) is 2. The van der Waals surface area contributed by atoms with Crippen LogP contribution in [0.3, 0.4) is 0 Å². The lowest BCUT2D eigenvalue weighted by molar-refractivity contribution is -0.403. The molecule has 130 valence electrons. The fourth-order valence-corrected chi connectivity index (χ4v) is 3.18. The van der Waals surface area contributed by atoms with Crippen LogP contribution in [0.4, 0.5) is 5.69 Å². The number of hydrogen-bond acceptors (Lipinski definition) is 5. The van der Waals surface area contributed by atoms with Gasteiger partial charge in [0.1, 0.15) is 0 Å². The largest absolute Gasteiger partial charge is 0.360 e. The number of nitrogens with one attached hydrogen (secondary N) is 2. The third kappa shape index (κ3) is 3.88. The van der Waals surface area contributed by atoms with E-state index in [9.17, 15) is 14.9 Å². The maximum Gasteiger partial charge on any atom is 0.274 e. The third-order valence-corrected chi connectivity index (χ3v) is 4.37. The number of nitro groups is 1. The first kappa shape index (κ1) is 16.8. The quantitative estimate of drug-likeness (QED) is 0.645.